The van der Waals surface area contributed by atoms with E-state index in [2.05, 4.69) is 10.6 Å². The Hall–Kier alpha value is -2.08. The van der Waals surface area contributed by atoms with Gasteiger partial charge in [-0.15, -0.1) is 0 Å². The number of para-hydroxylation sites is 1. The van der Waals surface area contributed by atoms with E-state index in [1.54, 1.807) is 7.11 Å². The molecule has 19 heavy (non-hydrogen) atoms. The lowest BCUT2D eigenvalue weighted by Gasteiger charge is -2.27. The summed E-state index contributed by atoms with van der Waals surface area (Å²) in [7, 11) is 1.60. The fourth-order valence-electron chi connectivity index (χ4n) is 1.93. The second-order valence-corrected chi connectivity index (χ2v) is 4.29. The molecule has 0 radical (unpaired) electrons. The van der Waals surface area contributed by atoms with Crippen LogP contribution < -0.4 is 10.6 Å². The van der Waals surface area contributed by atoms with Crippen molar-refractivity contribution >= 4 is 17.6 Å². The summed E-state index contributed by atoms with van der Waals surface area (Å²) in [5.74, 6) is -0.133. The number of urea groups is 1. The number of benzene rings is 1. The number of hydrogen-bond acceptors (Lipinski definition) is 3. The quantitative estimate of drug-likeness (QED) is 0.847. The summed E-state index contributed by atoms with van der Waals surface area (Å²) in [5, 5.41) is 5.49. The highest BCUT2D eigenvalue weighted by atomic mass is 16.5. The largest absolute Gasteiger partial charge is 0.380 e. The highest BCUT2D eigenvalue weighted by molar-refractivity contribution is 5.93. The van der Waals surface area contributed by atoms with Gasteiger partial charge in [0, 0.05) is 31.5 Å². The number of ether oxygens (including phenoxy) is 1. The predicted octanol–water partition coefficient (Wildman–Crippen LogP) is 0.797. The summed E-state index contributed by atoms with van der Waals surface area (Å²) in [6, 6.07) is 7.17. The number of carbonyl (C=O) groups is 2. The minimum Gasteiger partial charge on any atom is -0.380 e. The molecule has 1 fully saturated rings. The van der Waals surface area contributed by atoms with Crippen LogP contribution in [0.4, 0.5) is 10.5 Å². The smallest absolute Gasteiger partial charge is 0.322 e. The van der Waals surface area contributed by atoms with Crippen molar-refractivity contribution in [2.75, 3.05) is 32.1 Å². The van der Waals surface area contributed by atoms with Crippen LogP contribution in [0, 0.1) is 0 Å². The SMILES string of the molecule is COCc1ccccc1NC(=O)N1CCNC(=O)C1. The van der Waals surface area contributed by atoms with E-state index in [0.717, 1.165) is 5.56 Å². The van der Waals surface area contributed by atoms with E-state index < -0.39 is 0 Å². The van der Waals surface area contributed by atoms with Crippen molar-refractivity contribution in [3.63, 3.8) is 0 Å². The molecular formula is C13H17N3O3. The molecule has 0 bridgehead atoms. The average Bonchev–Trinajstić information content (AvgIpc) is 2.41. The van der Waals surface area contributed by atoms with Crippen LogP contribution in [0.2, 0.25) is 0 Å². The third kappa shape index (κ3) is 3.45. The molecule has 102 valence electrons. The highest BCUT2D eigenvalue weighted by Crippen LogP contribution is 2.16. The van der Waals surface area contributed by atoms with Gasteiger partial charge in [0.1, 0.15) is 6.54 Å². The number of carbonyl (C=O) groups excluding carboxylic acids is 2. The van der Waals surface area contributed by atoms with E-state index in [4.69, 9.17) is 4.74 Å². The van der Waals surface area contributed by atoms with E-state index in [9.17, 15) is 9.59 Å². The lowest BCUT2D eigenvalue weighted by molar-refractivity contribution is -0.123. The van der Waals surface area contributed by atoms with E-state index in [1.165, 1.54) is 4.90 Å². The second kappa shape index (κ2) is 6.19. The van der Waals surface area contributed by atoms with Crippen LogP contribution in [0.25, 0.3) is 0 Å². The van der Waals surface area contributed by atoms with Crippen LogP contribution in [0.1, 0.15) is 5.56 Å². The molecule has 1 aromatic rings. The minimum absolute atomic E-state index is 0.0955. The third-order valence-corrected chi connectivity index (χ3v) is 2.88. The Kier molecular flexibility index (Phi) is 4.35. The molecule has 6 heteroatoms. The van der Waals surface area contributed by atoms with Crippen molar-refractivity contribution in [1.29, 1.82) is 0 Å². The van der Waals surface area contributed by atoms with Crippen molar-refractivity contribution in [2.24, 2.45) is 0 Å². The molecule has 0 unspecified atom stereocenters. The van der Waals surface area contributed by atoms with Gasteiger partial charge in [0.05, 0.1) is 6.61 Å². The fraction of sp³-hybridized carbons (Fsp3) is 0.385. The molecule has 0 aliphatic carbocycles. The molecule has 0 saturated carbocycles. The van der Waals surface area contributed by atoms with E-state index >= 15 is 0 Å². The zero-order valence-corrected chi connectivity index (χ0v) is 10.8. The first-order chi connectivity index (χ1) is 9.20. The Balaban J connectivity index is 2.04. The number of amides is 3. The topological polar surface area (TPSA) is 70.7 Å². The van der Waals surface area contributed by atoms with Crippen LogP contribution in [0.15, 0.2) is 24.3 Å². The Morgan fingerprint density at radius 2 is 2.26 bits per heavy atom. The average molecular weight is 263 g/mol. The lowest BCUT2D eigenvalue weighted by Crippen LogP contribution is -2.51. The molecule has 0 aromatic heterocycles. The Bertz CT molecular complexity index is 476. The standard InChI is InChI=1S/C13H17N3O3/c1-19-9-10-4-2-3-5-11(10)15-13(18)16-7-6-14-12(17)8-16/h2-5H,6-9H2,1H3,(H,14,17)(H,15,18). The monoisotopic (exact) mass is 263 g/mol. The minimum atomic E-state index is -0.265. The molecule has 0 atom stereocenters. The molecule has 3 amide bonds. The maximum absolute atomic E-state index is 12.1. The summed E-state index contributed by atoms with van der Waals surface area (Å²) >= 11 is 0. The fourth-order valence-corrected chi connectivity index (χ4v) is 1.93. The van der Waals surface area contributed by atoms with Gasteiger partial charge in [0.25, 0.3) is 0 Å². The number of anilines is 1. The maximum Gasteiger partial charge on any atom is 0.322 e. The van der Waals surface area contributed by atoms with Gasteiger partial charge in [-0.2, -0.15) is 0 Å². The first-order valence-corrected chi connectivity index (χ1v) is 6.10. The zero-order chi connectivity index (χ0) is 13.7. The first kappa shape index (κ1) is 13.4. The molecule has 6 nitrogen and oxygen atoms in total. The number of piperazine rings is 1. The van der Waals surface area contributed by atoms with Crippen LogP contribution >= 0.6 is 0 Å². The van der Waals surface area contributed by atoms with E-state index in [1.807, 2.05) is 24.3 Å². The third-order valence-electron chi connectivity index (χ3n) is 2.88. The van der Waals surface area contributed by atoms with Gasteiger partial charge in [-0.3, -0.25) is 4.79 Å². The van der Waals surface area contributed by atoms with E-state index in [0.29, 0.717) is 25.4 Å². The summed E-state index contributed by atoms with van der Waals surface area (Å²) < 4.78 is 5.08. The molecule has 1 saturated heterocycles. The summed E-state index contributed by atoms with van der Waals surface area (Å²) in [5.41, 5.74) is 1.61. The number of methoxy groups -OCH3 is 1. The Labute approximate surface area is 111 Å². The maximum atomic E-state index is 12.1. The van der Waals surface area contributed by atoms with Gasteiger partial charge in [-0.1, -0.05) is 18.2 Å². The lowest BCUT2D eigenvalue weighted by atomic mass is 10.2. The molecule has 1 aliphatic rings. The van der Waals surface area contributed by atoms with Crippen LogP contribution in [-0.4, -0.2) is 43.6 Å². The van der Waals surface area contributed by atoms with Crippen molar-refractivity contribution in [2.45, 2.75) is 6.61 Å². The second-order valence-electron chi connectivity index (χ2n) is 4.29. The van der Waals surface area contributed by atoms with Gasteiger partial charge < -0.3 is 20.3 Å². The van der Waals surface area contributed by atoms with Gasteiger partial charge in [-0.05, 0) is 6.07 Å². The molecule has 1 aromatic carbocycles. The Morgan fingerprint density at radius 1 is 1.47 bits per heavy atom. The number of rotatable bonds is 3. The summed E-state index contributed by atoms with van der Waals surface area (Å²) in [6.45, 7) is 1.53. The Morgan fingerprint density at radius 3 is 3.00 bits per heavy atom. The van der Waals surface area contributed by atoms with Crippen molar-refractivity contribution in [1.82, 2.24) is 10.2 Å². The number of nitrogens with zero attached hydrogens (tertiary/aromatic N) is 1. The van der Waals surface area contributed by atoms with Gasteiger partial charge >= 0.3 is 6.03 Å². The zero-order valence-electron chi connectivity index (χ0n) is 10.8. The van der Waals surface area contributed by atoms with Gasteiger partial charge in [0.2, 0.25) is 5.91 Å². The molecule has 1 aliphatic heterocycles. The predicted molar refractivity (Wildman–Crippen MR) is 70.8 cm³/mol. The van der Waals surface area contributed by atoms with Crippen molar-refractivity contribution in [3.05, 3.63) is 29.8 Å². The first-order valence-electron chi connectivity index (χ1n) is 6.10. The van der Waals surface area contributed by atoms with Crippen molar-refractivity contribution in [3.8, 4) is 0 Å². The number of hydrogen-bond donors (Lipinski definition) is 2. The number of nitrogens with one attached hydrogen (secondary N) is 2. The normalized spacial score (nSPS) is 15.0. The molecule has 1 heterocycles. The molecule has 2 N–H and O–H groups in total. The van der Waals surface area contributed by atoms with E-state index in [-0.39, 0.29) is 18.5 Å². The summed E-state index contributed by atoms with van der Waals surface area (Å²) in [4.78, 5) is 24.8. The van der Waals surface area contributed by atoms with Crippen LogP contribution in [0.3, 0.4) is 0 Å². The van der Waals surface area contributed by atoms with Gasteiger partial charge in [0.15, 0.2) is 0 Å². The molecular weight excluding hydrogens is 246 g/mol. The van der Waals surface area contributed by atoms with Crippen LogP contribution in [0.5, 0.6) is 0 Å². The summed E-state index contributed by atoms with van der Waals surface area (Å²) in [6.07, 6.45) is 0. The van der Waals surface area contributed by atoms with Crippen molar-refractivity contribution < 1.29 is 14.3 Å². The molecule has 2 rings (SSSR count). The highest BCUT2D eigenvalue weighted by Gasteiger charge is 2.21. The van der Waals surface area contributed by atoms with Crippen LogP contribution in [-0.2, 0) is 16.1 Å². The molecule has 0 spiro atoms. The van der Waals surface area contributed by atoms with Gasteiger partial charge in [-0.25, -0.2) is 4.79 Å².